The first kappa shape index (κ1) is 21.1. The molecular weight excluding hydrogens is 371 g/mol. The van der Waals surface area contributed by atoms with Crippen molar-refractivity contribution < 1.29 is 9.18 Å². The molecule has 1 amide bonds. The lowest BCUT2D eigenvalue weighted by molar-refractivity contribution is 0.0671. The lowest BCUT2D eigenvalue weighted by Crippen LogP contribution is -2.44. The first-order chi connectivity index (χ1) is 12.4. The highest BCUT2D eigenvalue weighted by Gasteiger charge is 2.28. The van der Waals surface area contributed by atoms with Crippen LogP contribution < -0.4 is 11.2 Å². The summed E-state index contributed by atoms with van der Waals surface area (Å²) in [5, 5.41) is 4.18. The van der Waals surface area contributed by atoms with Crippen LogP contribution in [-0.2, 0) is 0 Å². The van der Waals surface area contributed by atoms with Gasteiger partial charge in [-0.05, 0) is 44.7 Å². The van der Waals surface area contributed by atoms with Crippen molar-refractivity contribution in [2.24, 2.45) is 11.7 Å². The number of aromatic nitrogens is 2. The maximum atomic E-state index is 14.1. The summed E-state index contributed by atoms with van der Waals surface area (Å²) in [6, 6.07) is 7.53. The van der Waals surface area contributed by atoms with Gasteiger partial charge in [0.15, 0.2) is 5.69 Å². The molecule has 1 aliphatic heterocycles. The number of aryl methyl sites for hydroxylation is 1. The van der Waals surface area contributed by atoms with Crippen LogP contribution in [0.1, 0.15) is 35.9 Å². The van der Waals surface area contributed by atoms with Gasteiger partial charge in [0.25, 0.3) is 5.91 Å². The zero-order valence-electron chi connectivity index (χ0n) is 15.4. The number of nitrogens with zero attached hydrogens (tertiary/aromatic N) is 3. The number of amides is 1. The molecule has 1 atom stereocenters. The maximum Gasteiger partial charge on any atom is 0.278 e. The van der Waals surface area contributed by atoms with Gasteiger partial charge in [0.1, 0.15) is 11.5 Å². The second-order valence-corrected chi connectivity index (χ2v) is 6.85. The number of hydrogen-bond donors (Lipinski definition) is 1. The van der Waals surface area contributed by atoms with Gasteiger partial charge in [0.05, 0.1) is 0 Å². The molecule has 2 heterocycles. The first-order valence-electron chi connectivity index (χ1n) is 8.79. The van der Waals surface area contributed by atoms with E-state index in [2.05, 4.69) is 5.10 Å². The molecule has 0 saturated carbocycles. The van der Waals surface area contributed by atoms with Gasteiger partial charge >= 0.3 is 0 Å². The number of likely N-dealkylation sites (tertiary alicyclic amines) is 1. The van der Waals surface area contributed by atoms with Crippen LogP contribution in [0.2, 0.25) is 0 Å². The molecule has 2 N–H and O–H groups in total. The van der Waals surface area contributed by atoms with Gasteiger partial charge in [-0.25, -0.2) is 9.07 Å². The lowest BCUT2D eigenvalue weighted by atomic mass is 9.91. The molecule has 146 valence electrons. The van der Waals surface area contributed by atoms with Crippen molar-refractivity contribution in [2.75, 3.05) is 13.1 Å². The normalized spacial score (nSPS) is 15.9. The van der Waals surface area contributed by atoms with E-state index in [9.17, 15) is 14.0 Å². The molecule has 2 aromatic rings. The molecule has 1 saturated heterocycles. The number of hydrogen-bond acceptors (Lipinski definition) is 4. The molecule has 0 bridgehead atoms. The lowest BCUT2D eigenvalue weighted by Gasteiger charge is -2.33. The number of halogens is 2. The number of piperidine rings is 1. The first-order valence-corrected chi connectivity index (χ1v) is 8.79. The van der Waals surface area contributed by atoms with Crippen molar-refractivity contribution in [1.82, 2.24) is 14.7 Å². The van der Waals surface area contributed by atoms with Crippen molar-refractivity contribution in [3.63, 3.8) is 0 Å². The largest absolute Gasteiger partial charge is 0.337 e. The summed E-state index contributed by atoms with van der Waals surface area (Å²) in [6.07, 6.45) is 1.60. The number of carbonyl (C=O) groups is 1. The van der Waals surface area contributed by atoms with Crippen molar-refractivity contribution in [3.8, 4) is 5.69 Å². The highest BCUT2D eigenvalue weighted by molar-refractivity contribution is 5.92. The average molecular weight is 395 g/mol. The Bertz CT molecular complexity index is 876. The highest BCUT2D eigenvalue weighted by atomic mass is 35.5. The van der Waals surface area contributed by atoms with E-state index >= 15 is 0 Å². The van der Waals surface area contributed by atoms with Crippen molar-refractivity contribution in [1.29, 1.82) is 0 Å². The molecule has 0 radical (unpaired) electrons. The molecule has 1 aromatic heterocycles. The van der Waals surface area contributed by atoms with Crippen LogP contribution in [-0.4, -0.2) is 39.7 Å². The third-order valence-corrected chi connectivity index (χ3v) is 4.96. The molecule has 1 unspecified atom stereocenters. The predicted molar refractivity (Wildman–Crippen MR) is 104 cm³/mol. The van der Waals surface area contributed by atoms with Gasteiger partial charge in [0, 0.05) is 30.9 Å². The zero-order valence-corrected chi connectivity index (χ0v) is 16.2. The Morgan fingerprint density at radius 3 is 2.52 bits per heavy atom. The van der Waals surface area contributed by atoms with Gasteiger partial charge in [-0.1, -0.05) is 12.1 Å². The fourth-order valence-electron chi connectivity index (χ4n) is 3.34. The summed E-state index contributed by atoms with van der Waals surface area (Å²) in [4.78, 5) is 26.8. The van der Waals surface area contributed by atoms with Gasteiger partial charge in [-0.2, -0.15) is 5.10 Å². The molecule has 3 rings (SSSR count). The Morgan fingerprint density at radius 2 is 1.93 bits per heavy atom. The average Bonchev–Trinajstić information content (AvgIpc) is 2.62. The summed E-state index contributed by atoms with van der Waals surface area (Å²) in [6.45, 7) is 4.71. The predicted octanol–water partition coefficient (Wildman–Crippen LogP) is 2.30. The van der Waals surface area contributed by atoms with E-state index in [1.165, 1.54) is 16.8 Å². The van der Waals surface area contributed by atoms with E-state index in [0.717, 1.165) is 12.8 Å². The van der Waals surface area contributed by atoms with Gasteiger partial charge in [0.2, 0.25) is 5.43 Å². The molecule has 8 heteroatoms. The van der Waals surface area contributed by atoms with Crippen LogP contribution in [0.5, 0.6) is 0 Å². The van der Waals surface area contributed by atoms with E-state index in [1.54, 1.807) is 30.0 Å². The summed E-state index contributed by atoms with van der Waals surface area (Å²) >= 11 is 0. The van der Waals surface area contributed by atoms with Crippen molar-refractivity contribution in [2.45, 2.75) is 32.7 Å². The molecule has 1 aromatic carbocycles. The molecule has 0 spiro atoms. The SMILES string of the molecule is Cc1cc(=O)c(C(=O)N2CCC(C(C)N)CC2)nn1-c1ccccc1F.Cl. The Morgan fingerprint density at radius 1 is 1.30 bits per heavy atom. The topological polar surface area (TPSA) is 81.2 Å². The number of benzene rings is 1. The Labute approximate surface area is 163 Å². The van der Waals surface area contributed by atoms with Crippen molar-refractivity contribution >= 4 is 18.3 Å². The summed E-state index contributed by atoms with van der Waals surface area (Å²) < 4.78 is 15.4. The van der Waals surface area contributed by atoms with E-state index in [1.807, 2.05) is 6.92 Å². The van der Waals surface area contributed by atoms with Gasteiger partial charge in [-0.3, -0.25) is 9.59 Å². The molecule has 0 aliphatic carbocycles. The van der Waals surface area contributed by atoms with E-state index < -0.39 is 17.2 Å². The van der Waals surface area contributed by atoms with Crippen molar-refractivity contribution in [3.05, 3.63) is 57.8 Å². The van der Waals surface area contributed by atoms with Crippen LogP contribution in [0.4, 0.5) is 4.39 Å². The van der Waals surface area contributed by atoms with Crippen LogP contribution in [0, 0.1) is 18.7 Å². The molecular formula is C19H24ClFN4O2. The third kappa shape index (κ3) is 4.36. The van der Waals surface area contributed by atoms with Gasteiger partial charge in [-0.15, -0.1) is 12.4 Å². The van der Waals surface area contributed by atoms with E-state index in [4.69, 9.17) is 5.73 Å². The number of rotatable bonds is 3. The third-order valence-electron chi connectivity index (χ3n) is 4.96. The number of carbonyl (C=O) groups excluding carboxylic acids is 1. The van der Waals surface area contributed by atoms with E-state index in [-0.39, 0.29) is 29.8 Å². The zero-order chi connectivity index (χ0) is 18.8. The molecule has 1 aliphatic rings. The maximum absolute atomic E-state index is 14.1. The Balaban J connectivity index is 0.00000261. The fourth-order valence-corrected chi connectivity index (χ4v) is 3.34. The quantitative estimate of drug-likeness (QED) is 0.866. The smallest absolute Gasteiger partial charge is 0.278 e. The fraction of sp³-hybridized carbons (Fsp3) is 0.421. The molecule has 27 heavy (non-hydrogen) atoms. The van der Waals surface area contributed by atoms with E-state index in [0.29, 0.717) is 24.7 Å². The van der Waals surface area contributed by atoms with Gasteiger partial charge < -0.3 is 10.6 Å². The standard InChI is InChI=1S/C19H23FN4O2.ClH/c1-12-11-17(25)18(22-24(12)16-6-4-3-5-15(16)20)19(26)23-9-7-14(8-10-23)13(2)21;/h3-6,11,13-14H,7-10,21H2,1-2H3;1H. The minimum atomic E-state index is -0.470. The summed E-state index contributed by atoms with van der Waals surface area (Å²) in [5.74, 6) is -0.508. The molecule has 6 nitrogen and oxygen atoms in total. The number of nitrogens with two attached hydrogens (primary N) is 1. The minimum Gasteiger partial charge on any atom is -0.337 e. The second-order valence-electron chi connectivity index (χ2n) is 6.85. The van der Waals surface area contributed by atoms with Crippen LogP contribution >= 0.6 is 12.4 Å². The number of para-hydroxylation sites is 1. The summed E-state index contributed by atoms with van der Waals surface area (Å²) in [5.41, 5.74) is 5.97. The Kier molecular flexibility index (Phi) is 6.73. The van der Waals surface area contributed by atoms with Crippen LogP contribution in [0.15, 0.2) is 35.1 Å². The highest BCUT2D eigenvalue weighted by Crippen LogP contribution is 2.20. The summed E-state index contributed by atoms with van der Waals surface area (Å²) in [7, 11) is 0. The van der Waals surface area contributed by atoms with Crippen LogP contribution in [0.25, 0.3) is 5.69 Å². The second kappa shape index (κ2) is 8.63. The Hall–Kier alpha value is -2.25. The molecule has 1 fully saturated rings. The van der Waals surface area contributed by atoms with Crippen LogP contribution in [0.3, 0.4) is 0 Å². The monoisotopic (exact) mass is 394 g/mol. The minimum absolute atomic E-state index is 0.